The Hall–Kier alpha value is 0.310. The van der Waals surface area contributed by atoms with E-state index in [9.17, 15) is 0 Å². The molecule has 0 fully saturated rings. The van der Waals surface area contributed by atoms with Crippen LogP contribution in [0.4, 0.5) is 0 Å². The fourth-order valence-corrected chi connectivity index (χ4v) is 3.90. The van der Waals surface area contributed by atoms with Crippen LogP contribution in [0.1, 0.15) is 123 Å². The number of hydrogen-bond acceptors (Lipinski definition) is 2. The second kappa shape index (κ2) is 24.6. The summed E-state index contributed by atoms with van der Waals surface area (Å²) in [7, 11) is 0. The average Bonchev–Trinajstić information content (AvgIpc) is 2.54. The molecule has 0 aliphatic carbocycles. The van der Waals surface area contributed by atoms with Crippen molar-refractivity contribution < 1.29 is 0 Å². The topological polar surface area (TPSA) is 35.0 Å². The van der Waals surface area contributed by atoms with Gasteiger partial charge in [0, 0.05) is 0 Å². The van der Waals surface area contributed by atoms with Crippen LogP contribution in [0.15, 0.2) is 0 Å². The predicted molar refractivity (Wildman–Crippen MR) is 112 cm³/mol. The molecular weight excluding hydrogens is 298 g/mol. The summed E-state index contributed by atoms with van der Waals surface area (Å²) in [4.78, 5) is 0. The highest BCUT2D eigenvalue weighted by atomic mass is 32.2. The number of unbranched alkanes of at least 4 members (excludes halogenated alkanes) is 15. The largest absolute Gasteiger partial charge is 0.344 e. The van der Waals surface area contributed by atoms with Gasteiger partial charge in [-0.1, -0.05) is 110 Å². The van der Waals surface area contributed by atoms with Crippen LogP contribution >= 0.6 is 11.8 Å². The second-order valence-corrected chi connectivity index (χ2v) is 8.14. The molecule has 0 spiro atoms. The van der Waals surface area contributed by atoms with Crippen molar-refractivity contribution in [1.82, 2.24) is 6.15 Å². The van der Waals surface area contributed by atoms with Gasteiger partial charge >= 0.3 is 0 Å². The first kappa shape index (κ1) is 25.5. The van der Waals surface area contributed by atoms with Crippen molar-refractivity contribution in [2.45, 2.75) is 123 Å². The zero-order valence-corrected chi connectivity index (χ0v) is 17.4. The van der Waals surface area contributed by atoms with Crippen LogP contribution in [-0.2, 0) is 0 Å². The summed E-state index contributed by atoms with van der Waals surface area (Å²) in [5, 5.41) is 0. The molecule has 23 heavy (non-hydrogen) atoms. The van der Waals surface area contributed by atoms with Crippen LogP contribution in [-0.4, -0.2) is 11.5 Å². The minimum absolute atomic E-state index is 0. The quantitative estimate of drug-likeness (QED) is 0.238. The Bertz CT molecular complexity index is 165. The van der Waals surface area contributed by atoms with Crippen molar-refractivity contribution in [3.8, 4) is 0 Å². The zero-order valence-electron chi connectivity index (χ0n) is 16.6. The summed E-state index contributed by atoms with van der Waals surface area (Å²) in [5.41, 5.74) is 0. The third-order valence-corrected chi connectivity index (χ3v) is 5.76. The Morgan fingerprint density at radius 2 is 0.739 bits per heavy atom. The van der Waals surface area contributed by atoms with Crippen molar-refractivity contribution in [2.24, 2.45) is 0 Å². The SMILES string of the molecule is CCCCCCCCCCCCCCCCCCSCCC.N. The molecule has 1 nitrogen and oxygen atoms in total. The normalized spacial score (nSPS) is 10.7. The lowest BCUT2D eigenvalue weighted by molar-refractivity contribution is 0.531. The minimum Gasteiger partial charge on any atom is -0.344 e. The van der Waals surface area contributed by atoms with E-state index in [-0.39, 0.29) is 6.15 Å². The first-order valence-electron chi connectivity index (χ1n) is 10.5. The highest BCUT2D eigenvalue weighted by Crippen LogP contribution is 2.14. The van der Waals surface area contributed by atoms with Crippen LogP contribution < -0.4 is 6.15 Å². The molecule has 0 aromatic heterocycles. The first-order valence-corrected chi connectivity index (χ1v) is 11.6. The molecule has 0 atom stereocenters. The molecule has 0 bridgehead atoms. The Morgan fingerprint density at radius 3 is 1.09 bits per heavy atom. The van der Waals surface area contributed by atoms with Gasteiger partial charge in [0.25, 0.3) is 0 Å². The van der Waals surface area contributed by atoms with E-state index in [4.69, 9.17) is 0 Å². The molecule has 0 amide bonds. The molecule has 0 heterocycles. The molecule has 0 aliphatic heterocycles. The van der Waals surface area contributed by atoms with Crippen molar-refractivity contribution in [1.29, 1.82) is 0 Å². The summed E-state index contributed by atoms with van der Waals surface area (Å²) in [6.07, 6.45) is 24.9. The molecule has 0 saturated carbocycles. The van der Waals surface area contributed by atoms with Crippen molar-refractivity contribution in [2.75, 3.05) is 11.5 Å². The van der Waals surface area contributed by atoms with E-state index < -0.39 is 0 Å². The van der Waals surface area contributed by atoms with Crippen LogP contribution in [0.3, 0.4) is 0 Å². The maximum atomic E-state index is 2.30. The molecule has 142 valence electrons. The van der Waals surface area contributed by atoms with E-state index in [1.807, 2.05) is 0 Å². The van der Waals surface area contributed by atoms with Gasteiger partial charge < -0.3 is 6.15 Å². The molecule has 0 aromatic rings. The van der Waals surface area contributed by atoms with Gasteiger partial charge in [-0.25, -0.2) is 0 Å². The van der Waals surface area contributed by atoms with Crippen LogP contribution in [0.25, 0.3) is 0 Å². The highest BCUT2D eigenvalue weighted by Gasteiger charge is 1.94. The van der Waals surface area contributed by atoms with Crippen molar-refractivity contribution >= 4 is 11.8 Å². The minimum atomic E-state index is 0. The van der Waals surface area contributed by atoms with E-state index >= 15 is 0 Å². The number of hydrogen-bond donors (Lipinski definition) is 1. The lowest BCUT2D eigenvalue weighted by Crippen LogP contribution is -1.85. The predicted octanol–water partition coefficient (Wildman–Crippen LogP) is 8.55. The maximum absolute atomic E-state index is 2.30. The van der Waals surface area contributed by atoms with E-state index in [1.54, 1.807) is 0 Å². The third-order valence-electron chi connectivity index (χ3n) is 4.49. The summed E-state index contributed by atoms with van der Waals surface area (Å²) in [6.45, 7) is 4.58. The summed E-state index contributed by atoms with van der Waals surface area (Å²) < 4.78 is 0. The molecule has 2 heteroatoms. The molecular formula is C21H47NS. The lowest BCUT2D eigenvalue weighted by atomic mass is 10.0. The summed E-state index contributed by atoms with van der Waals surface area (Å²) >= 11 is 2.14. The van der Waals surface area contributed by atoms with Gasteiger partial charge in [0.15, 0.2) is 0 Å². The van der Waals surface area contributed by atoms with E-state index in [0.717, 1.165) is 0 Å². The number of thioether (sulfide) groups is 1. The monoisotopic (exact) mass is 345 g/mol. The fraction of sp³-hybridized carbons (Fsp3) is 1.00. The molecule has 3 N–H and O–H groups in total. The molecule has 0 aromatic carbocycles. The third kappa shape index (κ3) is 24.7. The van der Waals surface area contributed by atoms with Gasteiger partial charge in [-0.3, -0.25) is 0 Å². The van der Waals surface area contributed by atoms with Crippen LogP contribution in [0.2, 0.25) is 0 Å². The average molecular weight is 346 g/mol. The smallest absolute Gasteiger partial charge is 0.00675 e. The number of rotatable bonds is 19. The standard InChI is InChI=1S/C21H44S.H3N/c1-3-5-6-7-8-9-10-11-12-13-14-15-16-17-18-19-21-22-20-4-2;/h3-21H2,1-2H3;1H3. The summed E-state index contributed by atoms with van der Waals surface area (Å²) in [6, 6.07) is 0. The molecule has 0 radical (unpaired) electrons. The maximum Gasteiger partial charge on any atom is -0.00675 e. The fourth-order valence-electron chi connectivity index (χ4n) is 3.00. The van der Waals surface area contributed by atoms with Crippen molar-refractivity contribution in [3.63, 3.8) is 0 Å². The van der Waals surface area contributed by atoms with Gasteiger partial charge in [-0.15, -0.1) is 0 Å². The van der Waals surface area contributed by atoms with Gasteiger partial charge in [0.05, 0.1) is 0 Å². The Balaban J connectivity index is 0. The van der Waals surface area contributed by atoms with E-state index in [2.05, 4.69) is 25.6 Å². The van der Waals surface area contributed by atoms with Crippen molar-refractivity contribution in [3.05, 3.63) is 0 Å². The Morgan fingerprint density at radius 1 is 0.391 bits per heavy atom. The van der Waals surface area contributed by atoms with Crippen LogP contribution in [0, 0.1) is 0 Å². The molecule has 0 unspecified atom stereocenters. The molecule has 0 saturated heterocycles. The van der Waals surface area contributed by atoms with Gasteiger partial charge in [0.2, 0.25) is 0 Å². The van der Waals surface area contributed by atoms with E-state index in [0.29, 0.717) is 0 Å². The Labute approximate surface area is 152 Å². The van der Waals surface area contributed by atoms with E-state index in [1.165, 1.54) is 121 Å². The van der Waals surface area contributed by atoms with Gasteiger partial charge in [-0.05, 0) is 24.3 Å². The first-order chi connectivity index (χ1) is 10.9. The second-order valence-electron chi connectivity index (χ2n) is 6.92. The highest BCUT2D eigenvalue weighted by molar-refractivity contribution is 7.99. The molecule has 0 rings (SSSR count). The zero-order chi connectivity index (χ0) is 16.1. The Kier molecular flexibility index (Phi) is 27.3. The summed E-state index contributed by atoms with van der Waals surface area (Å²) in [5.74, 6) is 2.75. The van der Waals surface area contributed by atoms with Gasteiger partial charge in [0.1, 0.15) is 0 Å². The lowest BCUT2D eigenvalue weighted by Gasteiger charge is -2.03. The van der Waals surface area contributed by atoms with Gasteiger partial charge in [-0.2, -0.15) is 11.8 Å². The van der Waals surface area contributed by atoms with Crippen LogP contribution in [0.5, 0.6) is 0 Å². The molecule has 0 aliphatic rings.